The van der Waals surface area contributed by atoms with Gasteiger partial charge in [0.1, 0.15) is 0 Å². The third-order valence-corrected chi connectivity index (χ3v) is 5.73. The molecule has 1 aliphatic carbocycles. The predicted molar refractivity (Wildman–Crippen MR) is 101 cm³/mol. The molecule has 1 amide bonds. The molecule has 0 spiro atoms. The fraction of sp³-hybridized carbons (Fsp3) is 0.556. The standard InChI is InChI=1S/C18H23ClN2O3.ClH/c1-11-6-12(2)16(14(19)7-11)20-15(22)9-21-8-13-4-3-5-18(13,10-21)17(23)24;/h6-7,13H,3-5,8-10H2,1-2H3,(H,20,22)(H,23,24);1H/t13-,18+;/m0./s1. The molecule has 0 unspecified atom stereocenters. The van der Waals surface area contributed by atoms with Crippen molar-refractivity contribution in [2.24, 2.45) is 11.3 Å². The molecule has 7 heteroatoms. The number of fused-ring (bicyclic) bond motifs is 1. The lowest BCUT2D eigenvalue weighted by molar-refractivity contribution is -0.149. The van der Waals surface area contributed by atoms with Gasteiger partial charge in [-0.3, -0.25) is 14.5 Å². The van der Waals surface area contributed by atoms with E-state index >= 15 is 0 Å². The van der Waals surface area contributed by atoms with Crippen LogP contribution in [-0.2, 0) is 9.59 Å². The Balaban J connectivity index is 0.00000225. The molecule has 2 atom stereocenters. The highest BCUT2D eigenvalue weighted by atomic mass is 35.5. The second-order valence-electron chi connectivity index (χ2n) is 7.21. The predicted octanol–water partition coefficient (Wildman–Crippen LogP) is 3.50. The van der Waals surface area contributed by atoms with Crippen LogP contribution in [0.3, 0.4) is 0 Å². The summed E-state index contributed by atoms with van der Waals surface area (Å²) in [6.07, 6.45) is 2.62. The molecule has 0 radical (unpaired) electrons. The summed E-state index contributed by atoms with van der Waals surface area (Å²) in [5.41, 5.74) is 1.96. The second-order valence-corrected chi connectivity index (χ2v) is 7.61. The van der Waals surface area contributed by atoms with Crippen LogP contribution in [0.2, 0.25) is 5.02 Å². The zero-order valence-electron chi connectivity index (χ0n) is 14.5. The van der Waals surface area contributed by atoms with Gasteiger partial charge in [0.2, 0.25) is 5.91 Å². The fourth-order valence-corrected chi connectivity index (χ4v) is 4.69. The maximum Gasteiger partial charge on any atom is 0.311 e. The molecule has 1 saturated carbocycles. The molecule has 25 heavy (non-hydrogen) atoms. The van der Waals surface area contributed by atoms with Crippen LogP contribution in [0.25, 0.3) is 0 Å². The minimum Gasteiger partial charge on any atom is -0.481 e. The second kappa shape index (κ2) is 7.52. The van der Waals surface area contributed by atoms with Gasteiger partial charge in [-0.25, -0.2) is 0 Å². The van der Waals surface area contributed by atoms with E-state index in [1.54, 1.807) is 0 Å². The number of rotatable bonds is 4. The Morgan fingerprint density at radius 2 is 2.12 bits per heavy atom. The fourth-order valence-electron chi connectivity index (χ4n) is 4.32. The van der Waals surface area contributed by atoms with Gasteiger partial charge in [-0.1, -0.05) is 24.1 Å². The van der Waals surface area contributed by atoms with E-state index in [4.69, 9.17) is 11.6 Å². The number of aryl methyl sites for hydroxylation is 2. The number of hydrogen-bond acceptors (Lipinski definition) is 3. The van der Waals surface area contributed by atoms with Crippen LogP contribution >= 0.6 is 24.0 Å². The molecule has 2 aliphatic rings. The maximum absolute atomic E-state index is 12.4. The van der Waals surface area contributed by atoms with Crippen molar-refractivity contribution in [3.8, 4) is 0 Å². The molecular weight excluding hydrogens is 363 g/mol. The van der Waals surface area contributed by atoms with Gasteiger partial charge in [0, 0.05) is 13.1 Å². The molecule has 3 rings (SSSR count). The summed E-state index contributed by atoms with van der Waals surface area (Å²) in [4.78, 5) is 26.1. The van der Waals surface area contributed by atoms with Gasteiger partial charge in [-0.2, -0.15) is 0 Å². The first-order valence-electron chi connectivity index (χ1n) is 8.34. The number of hydrogen-bond donors (Lipinski definition) is 2. The Morgan fingerprint density at radius 3 is 2.72 bits per heavy atom. The van der Waals surface area contributed by atoms with Crippen molar-refractivity contribution >= 4 is 41.6 Å². The number of benzene rings is 1. The van der Waals surface area contributed by atoms with Crippen molar-refractivity contribution < 1.29 is 14.7 Å². The van der Waals surface area contributed by atoms with Gasteiger partial charge in [0.25, 0.3) is 0 Å². The first-order chi connectivity index (χ1) is 11.3. The third-order valence-electron chi connectivity index (χ3n) is 5.43. The summed E-state index contributed by atoms with van der Waals surface area (Å²) >= 11 is 6.23. The normalized spacial score (nSPS) is 25.3. The zero-order chi connectivity index (χ0) is 17.5. The molecule has 1 saturated heterocycles. The molecule has 5 nitrogen and oxygen atoms in total. The van der Waals surface area contributed by atoms with E-state index < -0.39 is 11.4 Å². The zero-order valence-corrected chi connectivity index (χ0v) is 16.0. The number of nitrogens with zero attached hydrogens (tertiary/aromatic N) is 1. The van der Waals surface area contributed by atoms with Crippen LogP contribution in [-0.4, -0.2) is 41.5 Å². The van der Waals surface area contributed by atoms with E-state index in [0.29, 0.717) is 30.2 Å². The van der Waals surface area contributed by atoms with Crippen LogP contribution in [0.5, 0.6) is 0 Å². The SMILES string of the molecule is Cc1cc(C)c(NC(=O)CN2C[C@@H]3CCC[C@@]3(C(=O)O)C2)c(Cl)c1.Cl. The van der Waals surface area contributed by atoms with Crippen LogP contribution in [0.15, 0.2) is 12.1 Å². The quantitative estimate of drug-likeness (QED) is 0.830. The van der Waals surface area contributed by atoms with Crippen molar-refractivity contribution in [3.63, 3.8) is 0 Å². The summed E-state index contributed by atoms with van der Waals surface area (Å²) in [7, 11) is 0. The number of amides is 1. The number of aliphatic carboxylic acids is 1. The molecule has 2 fully saturated rings. The van der Waals surface area contributed by atoms with Crippen molar-refractivity contribution in [2.45, 2.75) is 33.1 Å². The largest absolute Gasteiger partial charge is 0.481 e. The average molecular weight is 387 g/mol. The Morgan fingerprint density at radius 1 is 1.40 bits per heavy atom. The van der Waals surface area contributed by atoms with E-state index in [2.05, 4.69) is 5.32 Å². The average Bonchev–Trinajstić information content (AvgIpc) is 3.00. The van der Waals surface area contributed by atoms with Crippen LogP contribution in [0, 0.1) is 25.2 Å². The minimum atomic E-state index is -0.717. The number of carbonyl (C=O) groups is 2. The Kier molecular flexibility index (Phi) is 6.02. The van der Waals surface area contributed by atoms with Gasteiger partial charge in [-0.05, 0) is 49.8 Å². The number of carboxylic acids is 1. The first kappa shape index (κ1) is 20.0. The van der Waals surface area contributed by atoms with Gasteiger partial charge in [0.05, 0.1) is 22.7 Å². The van der Waals surface area contributed by atoms with E-state index in [0.717, 1.165) is 24.0 Å². The molecule has 1 heterocycles. The van der Waals surface area contributed by atoms with Gasteiger partial charge in [-0.15, -0.1) is 12.4 Å². The van der Waals surface area contributed by atoms with Crippen molar-refractivity contribution in [3.05, 3.63) is 28.3 Å². The number of halogens is 2. The monoisotopic (exact) mass is 386 g/mol. The van der Waals surface area contributed by atoms with E-state index in [-0.39, 0.29) is 30.8 Å². The molecule has 1 aliphatic heterocycles. The topological polar surface area (TPSA) is 69.6 Å². The number of nitrogens with one attached hydrogen (secondary N) is 1. The molecule has 0 bridgehead atoms. The molecule has 1 aromatic rings. The molecule has 1 aromatic carbocycles. The highest BCUT2D eigenvalue weighted by molar-refractivity contribution is 6.34. The van der Waals surface area contributed by atoms with Crippen LogP contribution in [0.4, 0.5) is 5.69 Å². The van der Waals surface area contributed by atoms with E-state index in [1.807, 2.05) is 30.9 Å². The summed E-state index contributed by atoms with van der Waals surface area (Å²) in [6, 6.07) is 3.80. The van der Waals surface area contributed by atoms with Gasteiger partial charge in [0.15, 0.2) is 0 Å². The highest BCUT2D eigenvalue weighted by Crippen LogP contribution is 2.48. The first-order valence-corrected chi connectivity index (χ1v) is 8.72. The lowest BCUT2D eigenvalue weighted by Crippen LogP contribution is -2.37. The third kappa shape index (κ3) is 3.78. The van der Waals surface area contributed by atoms with E-state index in [1.165, 1.54) is 0 Å². The Bertz CT molecular complexity index is 672. The maximum atomic E-state index is 12.4. The van der Waals surface area contributed by atoms with Crippen molar-refractivity contribution in [1.29, 1.82) is 0 Å². The molecule has 138 valence electrons. The smallest absolute Gasteiger partial charge is 0.311 e. The summed E-state index contributed by atoms with van der Waals surface area (Å²) < 4.78 is 0. The number of carbonyl (C=O) groups excluding carboxylic acids is 1. The molecule has 0 aromatic heterocycles. The van der Waals surface area contributed by atoms with Gasteiger partial charge < -0.3 is 10.4 Å². The number of anilines is 1. The molecule has 2 N–H and O–H groups in total. The van der Waals surface area contributed by atoms with Crippen LogP contribution < -0.4 is 5.32 Å². The number of likely N-dealkylation sites (tertiary alicyclic amines) is 1. The summed E-state index contributed by atoms with van der Waals surface area (Å²) in [5.74, 6) is -0.706. The lowest BCUT2D eigenvalue weighted by atomic mass is 9.81. The lowest BCUT2D eigenvalue weighted by Gasteiger charge is -2.23. The van der Waals surface area contributed by atoms with Crippen LogP contribution in [0.1, 0.15) is 30.4 Å². The van der Waals surface area contributed by atoms with E-state index in [9.17, 15) is 14.7 Å². The summed E-state index contributed by atoms with van der Waals surface area (Å²) in [6.45, 7) is 5.21. The Hall–Kier alpha value is -1.30. The number of carboxylic acid groups (broad SMARTS) is 1. The van der Waals surface area contributed by atoms with Crippen molar-refractivity contribution in [2.75, 3.05) is 25.0 Å². The summed E-state index contributed by atoms with van der Waals surface area (Å²) in [5, 5.41) is 13.0. The molecular formula is C18H24Cl2N2O3. The van der Waals surface area contributed by atoms with Crippen molar-refractivity contribution in [1.82, 2.24) is 4.90 Å². The highest BCUT2D eigenvalue weighted by Gasteiger charge is 2.54. The Labute approximate surface area is 159 Å². The van der Waals surface area contributed by atoms with Gasteiger partial charge >= 0.3 is 5.97 Å². The minimum absolute atomic E-state index is 0.